The number of aromatic nitrogens is 4. The Bertz CT molecular complexity index is 499. The molecule has 2 rings (SSSR count). The van der Waals surface area contributed by atoms with Crippen LogP contribution in [0.5, 0.6) is 11.6 Å². The van der Waals surface area contributed by atoms with E-state index in [1.54, 1.807) is 22.6 Å². The van der Waals surface area contributed by atoms with E-state index in [9.17, 15) is 0 Å². The second kappa shape index (κ2) is 3.88. The molecule has 0 atom stereocenters. The molecule has 0 spiro atoms. The number of hydrogen-bond acceptors (Lipinski definition) is 4. The number of nitrogen functional groups attached to an aromatic ring is 1. The van der Waals surface area contributed by atoms with Crippen LogP contribution in [-0.2, 0) is 13.6 Å². The van der Waals surface area contributed by atoms with Gasteiger partial charge in [-0.1, -0.05) is 0 Å². The number of aryl methyl sites for hydroxylation is 3. The molecule has 0 radical (unpaired) electrons. The van der Waals surface area contributed by atoms with Gasteiger partial charge in [0.25, 0.3) is 0 Å². The molecule has 2 aromatic heterocycles. The largest absolute Gasteiger partial charge is 0.434 e. The highest BCUT2D eigenvalue weighted by Gasteiger charge is 2.12. The van der Waals surface area contributed by atoms with Crippen molar-refractivity contribution in [2.24, 2.45) is 7.05 Å². The van der Waals surface area contributed by atoms with Gasteiger partial charge in [-0.2, -0.15) is 10.2 Å². The van der Waals surface area contributed by atoms with E-state index in [1.165, 1.54) is 0 Å². The number of ether oxygens (including phenoxy) is 1. The first-order chi connectivity index (χ1) is 7.61. The van der Waals surface area contributed by atoms with E-state index in [-0.39, 0.29) is 0 Å². The number of hydrogen-bond donors (Lipinski definition) is 1. The first-order valence-electron chi connectivity index (χ1n) is 5.11. The monoisotopic (exact) mass is 221 g/mol. The molecule has 0 saturated carbocycles. The molecule has 0 saturated heterocycles. The van der Waals surface area contributed by atoms with Crippen LogP contribution >= 0.6 is 0 Å². The molecule has 16 heavy (non-hydrogen) atoms. The van der Waals surface area contributed by atoms with Gasteiger partial charge in [-0.15, -0.1) is 0 Å². The molecule has 0 bridgehead atoms. The van der Waals surface area contributed by atoms with Crippen LogP contribution in [-0.4, -0.2) is 19.6 Å². The molecule has 0 amide bonds. The Balaban J connectivity index is 2.26. The lowest BCUT2D eigenvalue weighted by atomic mass is 10.4. The van der Waals surface area contributed by atoms with E-state index in [0.717, 1.165) is 12.2 Å². The molecule has 86 valence electrons. The van der Waals surface area contributed by atoms with Crippen LogP contribution in [0.3, 0.4) is 0 Å². The van der Waals surface area contributed by atoms with Gasteiger partial charge in [0.05, 0.1) is 18.1 Å². The Morgan fingerprint density at radius 1 is 1.50 bits per heavy atom. The summed E-state index contributed by atoms with van der Waals surface area (Å²) >= 11 is 0. The third-order valence-electron chi connectivity index (χ3n) is 2.36. The minimum Gasteiger partial charge on any atom is -0.434 e. The van der Waals surface area contributed by atoms with E-state index in [0.29, 0.717) is 17.3 Å². The lowest BCUT2D eigenvalue weighted by Gasteiger charge is -2.03. The fourth-order valence-electron chi connectivity index (χ4n) is 1.46. The van der Waals surface area contributed by atoms with Crippen molar-refractivity contribution in [1.29, 1.82) is 0 Å². The highest BCUT2D eigenvalue weighted by atomic mass is 16.5. The van der Waals surface area contributed by atoms with E-state index in [2.05, 4.69) is 10.2 Å². The van der Waals surface area contributed by atoms with E-state index >= 15 is 0 Å². The molecule has 0 aliphatic rings. The molecule has 0 unspecified atom stereocenters. The average Bonchev–Trinajstić information content (AvgIpc) is 2.80. The standard InChI is InChI=1S/C10H15N5O/c1-4-15-6-8(5-12-15)16-10-9(11)7(2)13-14(10)3/h5-6H,4,11H2,1-3H3. The molecule has 2 aromatic rings. The fraction of sp³-hybridized carbons (Fsp3) is 0.400. The summed E-state index contributed by atoms with van der Waals surface area (Å²) in [7, 11) is 1.79. The van der Waals surface area contributed by atoms with Crippen LogP contribution in [0.1, 0.15) is 12.6 Å². The maximum atomic E-state index is 5.86. The zero-order valence-electron chi connectivity index (χ0n) is 9.64. The summed E-state index contributed by atoms with van der Waals surface area (Å²) in [5.74, 6) is 1.21. The maximum Gasteiger partial charge on any atom is 0.241 e. The number of anilines is 1. The topological polar surface area (TPSA) is 70.9 Å². The molecule has 6 heteroatoms. The van der Waals surface area contributed by atoms with Gasteiger partial charge >= 0.3 is 0 Å². The third-order valence-corrected chi connectivity index (χ3v) is 2.36. The Kier molecular flexibility index (Phi) is 2.55. The van der Waals surface area contributed by atoms with E-state index in [4.69, 9.17) is 10.5 Å². The van der Waals surface area contributed by atoms with Crippen molar-refractivity contribution in [2.75, 3.05) is 5.73 Å². The van der Waals surface area contributed by atoms with Crippen molar-refractivity contribution < 1.29 is 4.74 Å². The van der Waals surface area contributed by atoms with Crippen molar-refractivity contribution >= 4 is 5.69 Å². The van der Waals surface area contributed by atoms with Crippen molar-refractivity contribution in [1.82, 2.24) is 19.6 Å². The normalized spacial score (nSPS) is 10.7. The summed E-state index contributed by atoms with van der Waals surface area (Å²) in [6.07, 6.45) is 3.48. The first kappa shape index (κ1) is 10.5. The quantitative estimate of drug-likeness (QED) is 0.848. The lowest BCUT2D eigenvalue weighted by Crippen LogP contribution is -1.96. The van der Waals surface area contributed by atoms with Crippen LogP contribution in [0.25, 0.3) is 0 Å². The zero-order chi connectivity index (χ0) is 11.7. The first-order valence-corrected chi connectivity index (χ1v) is 5.11. The van der Waals surface area contributed by atoms with Gasteiger partial charge in [0.15, 0.2) is 5.75 Å². The highest BCUT2D eigenvalue weighted by Crippen LogP contribution is 2.28. The summed E-state index contributed by atoms with van der Waals surface area (Å²) in [4.78, 5) is 0. The van der Waals surface area contributed by atoms with Gasteiger partial charge in [0.1, 0.15) is 5.69 Å². The van der Waals surface area contributed by atoms with Crippen molar-refractivity contribution in [3.05, 3.63) is 18.1 Å². The van der Waals surface area contributed by atoms with E-state index in [1.807, 2.05) is 20.0 Å². The molecule has 2 heterocycles. The minimum absolute atomic E-state index is 0.549. The predicted molar refractivity (Wildman–Crippen MR) is 60.3 cm³/mol. The van der Waals surface area contributed by atoms with Gasteiger partial charge in [0.2, 0.25) is 5.88 Å². The summed E-state index contributed by atoms with van der Waals surface area (Å²) < 4.78 is 9.04. The molecule has 2 N–H and O–H groups in total. The van der Waals surface area contributed by atoms with Gasteiger partial charge in [-0.05, 0) is 13.8 Å². The zero-order valence-corrected chi connectivity index (χ0v) is 9.64. The van der Waals surface area contributed by atoms with Gasteiger partial charge in [-0.25, -0.2) is 4.68 Å². The second-order valence-electron chi connectivity index (χ2n) is 3.56. The Hall–Kier alpha value is -1.98. The lowest BCUT2D eigenvalue weighted by molar-refractivity contribution is 0.432. The fourth-order valence-corrected chi connectivity index (χ4v) is 1.46. The van der Waals surface area contributed by atoms with Crippen LogP contribution < -0.4 is 10.5 Å². The maximum absolute atomic E-state index is 5.86. The van der Waals surface area contributed by atoms with Gasteiger partial charge in [0, 0.05) is 13.6 Å². The Labute approximate surface area is 93.6 Å². The number of nitrogens with zero attached hydrogens (tertiary/aromatic N) is 4. The number of nitrogens with two attached hydrogens (primary N) is 1. The van der Waals surface area contributed by atoms with Crippen molar-refractivity contribution in [3.63, 3.8) is 0 Å². The highest BCUT2D eigenvalue weighted by molar-refractivity contribution is 5.53. The van der Waals surface area contributed by atoms with Crippen LogP contribution in [0, 0.1) is 6.92 Å². The van der Waals surface area contributed by atoms with Crippen molar-refractivity contribution in [2.45, 2.75) is 20.4 Å². The van der Waals surface area contributed by atoms with Gasteiger partial charge in [-0.3, -0.25) is 4.68 Å². The SMILES string of the molecule is CCn1cc(Oc2c(N)c(C)nn2C)cn1. The molecule has 6 nitrogen and oxygen atoms in total. The van der Waals surface area contributed by atoms with Crippen molar-refractivity contribution in [3.8, 4) is 11.6 Å². The molecule has 0 aliphatic heterocycles. The smallest absolute Gasteiger partial charge is 0.241 e. The summed E-state index contributed by atoms with van der Waals surface area (Å²) in [5.41, 5.74) is 7.18. The summed E-state index contributed by atoms with van der Waals surface area (Å²) in [6.45, 7) is 4.67. The summed E-state index contributed by atoms with van der Waals surface area (Å²) in [5, 5.41) is 8.29. The van der Waals surface area contributed by atoms with E-state index < -0.39 is 0 Å². The van der Waals surface area contributed by atoms with Crippen LogP contribution in [0.15, 0.2) is 12.4 Å². The van der Waals surface area contributed by atoms with Crippen LogP contribution in [0.4, 0.5) is 5.69 Å². The Morgan fingerprint density at radius 2 is 2.25 bits per heavy atom. The predicted octanol–water partition coefficient (Wildman–Crippen LogP) is 1.32. The minimum atomic E-state index is 0.549. The molecule has 0 fully saturated rings. The molecule has 0 aromatic carbocycles. The third kappa shape index (κ3) is 1.73. The Morgan fingerprint density at radius 3 is 2.75 bits per heavy atom. The van der Waals surface area contributed by atoms with Crippen LogP contribution in [0.2, 0.25) is 0 Å². The molecule has 0 aliphatic carbocycles. The molecular weight excluding hydrogens is 206 g/mol. The summed E-state index contributed by atoms with van der Waals surface area (Å²) in [6, 6.07) is 0. The second-order valence-corrected chi connectivity index (χ2v) is 3.56. The average molecular weight is 221 g/mol. The number of rotatable bonds is 3. The molecular formula is C10H15N5O. The van der Waals surface area contributed by atoms with Gasteiger partial charge < -0.3 is 10.5 Å².